The van der Waals surface area contributed by atoms with E-state index in [0.717, 1.165) is 16.9 Å². The quantitative estimate of drug-likeness (QED) is 0.617. The molecule has 1 heterocycles. The average Bonchev–Trinajstić information content (AvgIpc) is 3.02. The molecular weight excluding hydrogens is 316 g/mol. The number of benzene rings is 2. The van der Waals surface area contributed by atoms with E-state index in [0.29, 0.717) is 17.6 Å². The molecule has 0 saturated heterocycles. The maximum atomic E-state index is 5.47. The molecule has 124 valence electrons. The van der Waals surface area contributed by atoms with Crippen molar-refractivity contribution in [2.24, 2.45) is 5.92 Å². The number of aromatic amines is 1. The highest BCUT2D eigenvalue weighted by Crippen LogP contribution is 2.22. The summed E-state index contributed by atoms with van der Waals surface area (Å²) in [4.78, 5) is 8.10. The molecule has 0 aliphatic carbocycles. The Morgan fingerprint density at radius 2 is 1.79 bits per heavy atom. The average molecular weight is 338 g/mol. The summed E-state index contributed by atoms with van der Waals surface area (Å²) in [5, 5.41) is 7.29. The summed E-state index contributed by atoms with van der Waals surface area (Å²) in [5.41, 5.74) is 3.22. The molecule has 3 aromatic rings. The molecule has 1 atom stereocenters. The number of hydrogen-bond acceptors (Lipinski definition) is 2. The highest BCUT2D eigenvalue weighted by Gasteiger charge is 2.20. The van der Waals surface area contributed by atoms with E-state index in [1.165, 1.54) is 5.56 Å². The number of rotatable bonds is 5. The van der Waals surface area contributed by atoms with Crippen LogP contribution in [-0.2, 0) is 6.54 Å². The van der Waals surface area contributed by atoms with Crippen LogP contribution in [0.1, 0.15) is 31.3 Å². The topological polar surface area (TPSA) is 52.7 Å². The fourth-order valence-corrected chi connectivity index (χ4v) is 2.84. The van der Waals surface area contributed by atoms with Crippen molar-refractivity contribution in [1.82, 2.24) is 20.6 Å². The van der Waals surface area contributed by atoms with Crippen molar-refractivity contribution in [3.05, 3.63) is 66.0 Å². The maximum absolute atomic E-state index is 5.47. The lowest BCUT2D eigenvalue weighted by atomic mass is 10.0. The normalized spacial score (nSPS) is 12.3. The molecule has 0 radical (unpaired) electrons. The van der Waals surface area contributed by atoms with Gasteiger partial charge in [0, 0.05) is 6.54 Å². The predicted octanol–water partition coefficient (Wildman–Crippen LogP) is 3.92. The van der Waals surface area contributed by atoms with Crippen LogP contribution in [0.25, 0.3) is 11.0 Å². The van der Waals surface area contributed by atoms with Crippen LogP contribution in [0.4, 0.5) is 0 Å². The van der Waals surface area contributed by atoms with Gasteiger partial charge in [0.2, 0.25) is 0 Å². The lowest BCUT2D eigenvalue weighted by Gasteiger charge is -2.22. The monoisotopic (exact) mass is 338 g/mol. The summed E-state index contributed by atoms with van der Waals surface area (Å²) in [6.45, 7) is 5.02. The first kappa shape index (κ1) is 16.5. The molecule has 5 heteroatoms. The van der Waals surface area contributed by atoms with Gasteiger partial charge in [0.05, 0.1) is 17.1 Å². The van der Waals surface area contributed by atoms with Crippen molar-refractivity contribution >= 4 is 28.4 Å². The van der Waals surface area contributed by atoms with Crippen molar-refractivity contribution in [2.45, 2.75) is 26.4 Å². The molecule has 0 bridgehead atoms. The molecule has 0 saturated carbocycles. The number of fused-ring (bicyclic) bond motifs is 1. The fraction of sp³-hybridized carbons (Fsp3) is 0.263. The smallest absolute Gasteiger partial charge is 0.167 e. The van der Waals surface area contributed by atoms with Gasteiger partial charge < -0.3 is 15.6 Å². The second-order valence-electron chi connectivity index (χ2n) is 6.17. The van der Waals surface area contributed by atoms with Gasteiger partial charge in [0.15, 0.2) is 5.11 Å². The molecule has 0 aliphatic rings. The number of H-pyrrole nitrogens is 1. The molecule has 2 aromatic carbocycles. The molecule has 0 aliphatic heterocycles. The third kappa shape index (κ3) is 3.92. The van der Waals surface area contributed by atoms with Crippen molar-refractivity contribution < 1.29 is 0 Å². The van der Waals surface area contributed by atoms with Crippen LogP contribution in [0.2, 0.25) is 0 Å². The number of thiocarbonyl (C=S) groups is 1. The summed E-state index contributed by atoms with van der Waals surface area (Å²) < 4.78 is 0. The molecule has 1 aromatic heterocycles. The van der Waals surface area contributed by atoms with Gasteiger partial charge in [-0.05, 0) is 35.8 Å². The fourth-order valence-electron chi connectivity index (χ4n) is 2.64. The van der Waals surface area contributed by atoms with Crippen LogP contribution in [-0.4, -0.2) is 15.1 Å². The number of hydrogen-bond donors (Lipinski definition) is 3. The summed E-state index contributed by atoms with van der Waals surface area (Å²) >= 11 is 5.47. The molecule has 3 N–H and O–H groups in total. The van der Waals surface area contributed by atoms with E-state index in [-0.39, 0.29) is 6.04 Å². The standard InChI is InChI=1S/C19H22N4S/c1-13(2)17(18-21-15-10-6-7-11-16(15)22-18)23-19(24)20-12-14-8-4-3-5-9-14/h3-11,13,17H,12H2,1-2H3,(H,21,22)(H2,20,23,24)/t17-/m1/s1. The summed E-state index contributed by atoms with van der Waals surface area (Å²) in [6, 6.07) is 18.3. The first-order valence-corrected chi connectivity index (χ1v) is 8.57. The van der Waals surface area contributed by atoms with Crippen molar-refractivity contribution in [2.75, 3.05) is 0 Å². The van der Waals surface area contributed by atoms with E-state index in [4.69, 9.17) is 17.2 Å². The predicted molar refractivity (Wildman–Crippen MR) is 103 cm³/mol. The van der Waals surface area contributed by atoms with Gasteiger partial charge in [-0.25, -0.2) is 4.98 Å². The Kier molecular flexibility index (Phi) is 5.11. The van der Waals surface area contributed by atoms with Gasteiger partial charge in [-0.2, -0.15) is 0 Å². The van der Waals surface area contributed by atoms with Gasteiger partial charge in [-0.15, -0.1) is 0 Å². The molecule has 0 unspecified atom stereocenters. The Morgan fingerprint density at radius 1 is 1.08 bits per heavy atom. The summed E-state index contributed by atoms with van der Waals surface area (Å²) in [5.74, 6) is 1.26. The van der Waals surface area contributed by atoms with Crippen molar-refractivity contribution in [3.8, 4) is 0 Å². The van der Waals surface area contributed by atoms with Crippen LogP contribution in [0.15, 0.2) is 54.6 Å². The maximum Gasteiger partial charge on any atom is 0.167 e. The number of nitrogens with one attached hydrogen (secondary N) is 3. The van der Waals surface area contributed by atoms with E-state index in [9.17, 15) is 0 Å². The minimum absolute atomic E-state index is 0.0353. The molecule has 0 spiro atoms. The third-order valence-electron chi connectivity index (χ3n) is 3.95. The zero-order valence-electron chi connectivity index (χ0n) is 13.9. The minimum Gasteiger partial charge on any atom is -0.359 e. The lowest BCUT2D eigenvalue weighted by molar-refractivity contribution is 0.451. The summed E-state index contributed by atoms with van der Waals surface area (Å²) in [6.07, 6.45) is 0. The van der Waals surface area contributed by atoms with Crippen LogP contribution < -0.4 is 10.6 Å². The third-order valence-corrected chi connectivity index (χ3v) is 4.21. The highest BCUT2D eigenvalue weighted by molar-refractivity contribution is 7.80. The largest absolute Gasteiger partial charge is 0.359 e. The molecule has 24 heavy (non-hydrogen) atoms. The van der Waals surface area contributed by atoms with E-state index in [1.807, 2.05) is 42.5 Å². The second-order valence-corrected chi connectivity index (χ2v) is 6.58. The van der Waals surface area contributed by atoms with Crippen molar-refractivity contribution in [1.29, 1.82) is 0 Å². The number of para-hydroxylation sites is 2. The zero-order chi connectivity index (χ0) is 16.9. The van der Waals surface area contributed by atoms with E-state index in [2.05, 4.69) is 41.6 Å². The van der Waals surface area contributed by atoms with Gasteiger partial charge in [0.25, 0.3) is 0 Å². The molecular formula is C19H22N4S. The van der Waals surface area contributed by atoms with E-state index >= 15 is 0 Å². The van der Waals surface area contributed by atoms with Gasteiger partial charge in [0.1, 0.15) is 5.82 Å². The Balaban J connectivity index is 1.68. The molecule has 4 nitrogen and oxygen atoms in total. The highest BCUT2D eigenvalue weighted by atomic mass is 32.1. The number of nitrogens with zero attached hydrogens (tertiary/aromatic N) is 1. The molecule has 3 rings (SSSR count). The van der Waals surface area contributed by atoms with Crippen molar-refractivity contribution in [3.63, 3.8) is 0 Å². The summed E-state index contributed by atoms with van der Waals surface area (Å²) in [7, 11) is 0. The number of aromatic nitrogens is 2. The first-order valence-electron chi connectivity index (χ1n) is 8.16. The first-order chi connectivity index (χ1) is 11.6. The van der Waals surface area contributed by atoms with Gasteiger partial charge in [-0.3, -0.25) is 0 Å². The Morgan fingerprint density at radius 3 is 2.50 bits per heavy atom. The lowest BCUT2D eigenvalue weighted by Crippen LogP contribution is -2.39. The number of imidazole rings is 1. The van der Waals surface area contributed by atoms with Gasteiger partial charge in [-0.1, -0.05) is 56.3 Å². The van der Waals surface area contributed by atoms with E-state index in [1.54, 1.807) is 0 Å². The molecule has 0 fully saturated rings. The van der Waals surface area contributed by atoms with Crippen LogP contribution in [0, 0.1) is 5.92 Å². The minimum atomic E-state index is 0.0353. The zero-order valence-corrected chi connectivity index (χ0v) is 14.7. The SMILES string of the molecule is CC(C)[C@@H](NC(=S)NCc1ccccc1)c1nc2ccccc2[nH]1. The van der Waals surface area contributed by atoms with Crippen LogP contribution in [0.5, 0.6) is 0 Å². The van der Waals surface area contributed by atoms with Crippen LogP contribution >= 0.6 is 12.2 Å². The second kappa shape index (κ2) is 7.45. The van der Waals surface area contributed by atoms with E-state index < -0.39 is 0 Å². The Labute approximate surface area is 147 Å². The van der Waals surface area contributed by atoms with Crippen LogP contribution in [0.3, 0.4) is 0 Å². The molecule has 0 amide bonds. The van der Waals surface area contributed by atoms with Gasteiger partial charge >= 0.3 is 0 Å². The Bertz CT molecular complexity index is 777. The Hall–Kier alpha value is -2.40.